The van der Waals surface area contributed by atoms with Crippen molar-refractivity contribution in [1.29, 1.82) is 0 Å². The predicted molar refractivity (Wildman–Crippen MR) is 109 cm³/mol. The van der Waals surface area contributed by atoms with Crippen LogP contribution in [0.3, 0.4) is 0 Å². The maximum Gasteiger partial charge on any atom is 0.271 e. The first-order valence-corrected chi connectivity index (χ1v) is 8.56. The van der Waals surface area contributed by atoms with Crippen LogP contribution in [0.5, 0.6) is 0 Å². The number of pyridine rings is 1. The molecule has 138 valence electrons. The van der Waals surface area contributed by atoms with E-state index in [9.17, 15) is 10.1 Å². The largest absolute Gasteiger partial charge is 0.386 e. The minimum absolute atomic E-state index is 0.00535. The van der Waals surface area contributed by atoms with Gasteiger partial charge in [-0.05, 0) is 30.3 Å². The number of nitro benzene ring substituents is 1. The van der Waals surface area contributed by atoms with Crippen molar-refractivity contribution in [2.24, 2.45) is 0 Å². The summed E-state index contributed by atoms with van der Waals surface area (Å²) in [4.78, 5) is 24.1. The van der Waals surface area contributed by atoms with E-state index in [-0.39, 0.29) is 5.69 Å². The summed E-state index contributed by atoms with van der Waals surface area (Å²) in [6, 6.07) is 15.9. The van der Waals surface area contributed by atoms with Gasteiger partial charge in [-0.2, -0.15) is 0 Å². The summed E-state index contributed by atoms with van der Waals surface area (Å²) in [6.45, 7) is 0. The Morgan fingerprint density at radius 3 is 2.50 bits per heavy atom. The second-order valence-corrected chi connectivity index (χ2v) is 6.01. The number of hydrogen-bond acceptors (Lipinski definition) is 7. The minimum atomic E-state index is -0.425. The quantitative estimate of drug-likeness (QED) is 0.395. The summed E-state index contributed by atoms with van der Waals surface area (Å²) in [7, 11) is 1.76. The number of aromatic nitrogens is 3. The summed E-state index contributed by atoms with van der Waals surface area (Å²) in [6.07, 6.45) is 3.36. The van der Waals surface area contributed by atoms with Gasteiger partial charge in [0.2, 0.25) is 0 Å². The van der Waals surface area contributed by atoms with Crippen LogP contribution >= 0.6 is 0 Å². The molecule has 4 rings (SSSR count). The van der Waals surface area contributed by atoms with Crippen LogP contribution < -0.4 is 10.6 Å². The summed E-state index contributed by atoms with van der Waals surface area (Å²) >= 11 is 0. The van der Waals surface area contributed by atoms with Gasteiger partial charge in [0.05, 0.1) is 21.8 Å². The van der Waals surface area contributed by atoms with E-state index in [0.29, 0.717) is 17.3 Å². The number of non-ortho nitro benzene ring substituents is 1. The van der Waals surface area contributed by atoms with Gasteiger partial charge in [0.25, 0.3) is 5.69 Å². The zero-order chi connectivity index (χ0) is 19.5. The molecule has 0 aliphatic carbocycles. The van der Waals surface area contributed by atoms with Gasteiger partial charge in [-0.3, -0.25) is 15.1 Å². The lowest BCUT2D eigenvalue weighted by molar-refractivity contribution is -0.384. The maximum atomic E-state index is 11.2. The molecular formula is C20H16N6O2. The number of anilines is 3. The number of benzene rings is 2. The first-order chi connectivity index (χ1) is 13.7. The smallest absolute Gasteiger partial charge is 0.271 e. The third-order valence-corrected chi connectivity index (χ3v) is 4.28. The van der Waals surface area contributed by atoms with Crippen molar-refractivity contribution in [3.05, 3.63) is 77.1 Å². The van der Waals surface area contributed by atoms with Crippen molar-refractivity contribution >= 4 is 33.8 Å². The van der Waals surface area contributed by atoms with Crippen molar-refractivity contribution in [2.75, 3.05) is 17.7 Å². The van der Waals surface area contributed by atoms with Crippen LogP contribution in [0.25, 0.3) is 22.3 Å². The molecule has 0 spiro atoms. The van der Waals surface area contributed by atoms with Gasteiger partial charge in [-0.25, -0.2) is 9.97 Å². The highest BCUT2D eigenvalue weighted by molar-refractivity contribution is 5.93. The average molecular weight is 372 g/mol. The molecule has 0 saturated carbocycles. The summed E-state index contributed by atoms with van der Waals surface area (Å²) in [5, 5.41) is 18.3. The van der Waals surface area contributed by atoms with Crippen molar-refractivity contribution in [1.82, 2.24) is 15.0 Å². The topological polar surface area (TPSA) is 106 Å². The fourth-order valence-electron chi connectivity index (χ4n) is 2.90. The van der Waals surface area contributed by atoms with Crippen LogP contribution in [0.1, 0.15) is 0 Å². The lowest BCUT2D eigenvalue weighted by Crippen LogP contribution is -2.02. The van der Waals surface area contributed by atoms with Gasteiger partial charge in [0.1, 0.15) is 5.82 Å². The molecule has 0 aliphatic rings. The first-order valence-electron chi connectivity index (χ1n) is 8.56. The molecule has 0 unspecified atom stereocenters. The van der Waals surface area contributed by atoms with Crippen molar-refractivity contribution in [2.45, 2.75) is 0 Å². The standard InChI is InChI=1S/C20H16N6O2/c1-21-17-7-6-14(26(27)28)12-18(17)24-20-15-4-2-3-5-16(15)23-19(25-20)13-8-10-22-11-9-13/h2-12,21H,1H3,(H,23,24,25). The average Bonchev–Trinajstić information content (AvgIpc) is 2.74. The molecule has 2 aromatic heterocycles. The van der Waals surface area contributed by atoms with Gasteiger partial charge in [0.15, 0.2) is 5.82 Å². The SMILES string of the molecule is CNc1ccc([N+](=O)[O-])cc1Nc1nc(-c2ccncc2)nc2ccccc12. The van der Waals surface area contributed by atoms with E-state index in [1.807, 2.05) is 36.4 Å². The lowest BCUT2D eigenvalue weighted by Gasteiger charge is -2.14. The van der Waals surface area contributed by atoms with Gasteiger partial charge < -0.3 is 10.6 Å². The Morgan fingerprint density at radius 2 is 1.75 bits per heavy atom. The van der Waals surface area contributed by atoms with Gasteiger partial charge in [-0.1, -0.05) is 12.1 Å². The molecule has 2 heterocycles. The lowest BCUT2D eigenvalue weighted by atomic mass is 10.2. The van der Waals surface area contributed by atoms with Crippen LogP contribution in [-0.4, -0.2) is 26.9 Å². The van der Waals surface area contributed by atoms with Crippen LogP contribution in [0.2, 0.25) is 0 Å². The third kappa shape index (κ3) is 3.30. The summed E-state index contributed by atoms with van der Waals surface area (Å²) in [5.74, 6) is 1.11. The highest BCUT2D eigenvalue weighted by atomic mass is 16.6. The molecule has 0 aliphatic heterocycles. The Morgan fingerprint density at radius 1 is 0.964 bits per heavy atom. The van der Waals surface area contributed by atoms with E-state index in [1.54, 1.807) is 25.5 Å². The number of nitrogens with zero attached hydrogens (tertiary/aromatic N) is 4. The molecule has 4 aromatic rings. The molecular weight excluding hydrogens is 356 g/mol. The fourth-order valence-corrected chi connectivity index (χ4v) is 2.90. The molecule has 0 atom stereocenters. The number of fused-ring (bicyclic) bond motifs is 1. The normalized spacial score (nSPS) is 10.6. The molecule has 0 radical (unpaired) electrons. The second-order valence-electron chi connectivity index (χ2n) is 6.01. The molecule has 0 saturated heterocycles. The van der Waals surface area contributed by atoms with E-state index >= 15 is 0 Å². The molecule has 0 bridgehead atoms. The highest BCUT2D eigenvalue weighted by Crippen LogP contribution is 2.32. The zero-order valence-corrected chi connectivity index (χ0v) is 15.0. The number of rotatable bonds is 5. The number of para-hydroxylation sites is 1. The molecule has 8 heteroatoms. The Bertz CT molecular complexity index is 1160. The maximum absolute atomic E-state index is 11.2. The predicted octanol–water partition coefficient (Wildman–Crippen LogP) is 4.39. The molecule has 28 heavy (non-hydrogen) atoms. The summed E-state index contributed by atoms with van der Waals surface area (Å²) < 4.78 is 0. The van der Waals surface area contributed by atoms with Crippen molar-refractivity contribution in [3.63, 3.8) is 0 Å². The first kappa shape index (κ1) is 17.3. The Labute approximate surface area is 160 Å². The Kier molecular flexibility index (Phi) is 4.51. The molecule has 0 fully saturated rings. The zero-order valence-electron chi connectivity index (χ0n) is 15.0. The van der Waals surface area contributed by atoms with E-state index in [0.717, 1.165) is 22.2 Å². The van der Waals surface area contributed by atoms with E-state index in [1.165, 1.54) is 12.1 Å². The highest BCUT2D eigenvalue weighted by Gasteiger charge is 2.14. The Balaban J connectivity index is 1.87. The fraction of sp³-hybridized carbons (Fsp3) is 0.0500. The second kappa shape index (κ2) is 7.28. The van der Waals surface area contributed by atoms with Crippen LogP contribution in [0, 0.1) is 10.1 Å². The number of nitrogens with one attached hydrogen (secondary N) is 2. The van der Waals surface area contributed by atoms with Crippen LogP contribution in [0.4, 0.5) is 22.9 Å². The third-order valence-electron chi connectivity index (χ3n) is 4.28. The van der Waals surface area contributed by atoms with Gasteiger partial charge in [0, 0.05) is 42.5 Å². The van der Waals surface area contributed by atoms with Crippen LogP contribution in [0.15, 0.2) is 67.0 Å². The molecule has 0 amide bonds. The Hall–Kier alpha value is -4.07. The summed E-state index contributed by atoms with van der Waals surface area (Å²) in [5.41, 5.74) is 2.87. The van der Waals surface area contributed by atoms with Crippen molar-refractivity contribution < 1.29 is 4.92 Å². The van der Waals surface area contributed by atoms with E-state index in [4.69, 9.17) is 0 Å². The number of hydrogen-bond donors (Lipinski definition) is 2. The minimum Gasteiger partial charge on any atom is -0.386 e. The van der Waals surface area contributed by atoms with E-state index in [2.05, 4.69) is 25.6 Å². The molecule has 8 nitrogen and oxygen atoms in total. The van der Waals surface area contributed by atoms with E-state index < -0.39 is 4.92 Å². The molecule has 2 aromatic carbocycles. The van der Waals surface area contributed by atoms with Gasteiger partial charge in [-0.15, -0.1) is 0 Å². The van der Waals surface area contributed by atoms with Crippen LogP contribution in [-0.2, 0) is 0 Å². The molecule has 2 N–H and O–H groups in total. The monoisotopic (exact) mass is 372 g/mol. The number of nitro groups is 1. The van der Waals surface area contributed by atoms with Crippen molar-refractivity contribution in [3.8, 4) is 11.4 Å². The van der Waals surface area contributed by atoms with Gasteiger partial charge >= 0.3 is 0 Å².